The third-order valence-corrected chi connectivity index (χ3v) is 4.26. The zero-order valence-electron chi connectivity index (χ0n) is 13.3. The average Bonchev–Trinajstić information content (AvgIpc) is 2.37. The van der Waals surface area contributed by atoms with Gasteiger partial charge in [-0.1, -0.05) is 59.1 Å². The Hall–Kier alpha value is -0.720. The van der Waals surface area contributed by atoms with E-state index in [9.17, 15) is 0 Å². The molecule has 1 fully saturated rings. The van der Waals surface area contributed by atoms with Crippen molar-refractivity contribution in [3.05, 3.63) is 24.5 Å². The molecule has 0 radical (unpaired) electrons. The maximum Gasteiger partial charge on any atom is 0.101 e. The summed E-state index contributed by atoms with van der Waals surface area (Å²) in [6, 6.07) is 0. The van der Waals surface area contributed by atoms with Gasteiger partial charge in [-0.15, -0.1) is 0 Å². The second kappa shape index (κ2) is 9.23. The lowest BCUT2D eigenvalue weighted by molar-refractivity contribution is 0.0136. The molecule has 0 heterocycles. The lowest BCUT2D eigenvalue weighted by atomic mass is 9.75. The average molecular weight is 264 g/mol. The van der Waals surface area contributed by atoms with E-state index in [1.165, 1.54) is 38.5 Å². The topological polar surface area (TPSA) is 9.23 Å². The first kappa shape index (κ1) is 16.3. The van der Waals surface area contributed by atoms with Crippen molar-refractivity contribution in [3.8, 4) is 0 Å². The van der Waals surface area contributed by atoms with E-state index in [2.05, 4.69) is 39.8 Å². The molecule has 0 unspecified atom stereocenters. The SMILES string of the molecule is CCCC/C=C\C=C\O[C@@H]1C[C@H](C)CC[C@H]1C(C)C. The molecule has 0 saturated heterocycles. The molecule has 3 atom stereocenters. The standard InChI is InChI=1S/C18H32O/c1-5-6-7-8-9-10-13-19-18-14-16(4)11-12-17(18)15(2)3/h8-10,13,15-18H,5-7,11-12,14H2,1-4H3/b9-8-,13-10+/t16-,17+,18-/m1/s1. The smallest absolute Gasteiger partial charge is 0.101 e. The number of ether oxygens (including phenoxy) is 1. The molecule has 1 rings (SSSR count). The molecule has 0 aromatic rings. The first-order chi connectivity index (χ1) is 9.15. The molecular formula is C18H32O. The third kappa shape index (κ3) is 6.31. The Balaban J connectivity index is 2.35. The van der Waals surface area contributed by atoms with Gasteiger partial charge in [0, 0.05) is 0 Å². The largest absolute Gasteiger partial charge is 0.498 e. The molecule has 1 heteroatoms. The molecule has 0 amide bonds. The number of unbranched alkanes of at least 4 members (excludes halogenated alkanes) is 2. The number of allylic oxidation sites excluding steroid dienone is 3. The van der Waals surface area contributed by atoms with Gasteiger partial charge in [-0.3, -0.25) is 0 Å². The summed E-state index contributed by atoms with van der Waals surface area (Å²) in [5.41, 5.74) is 0. The Morgan fingerprint density at radius 2 is 2.00 bits per heavy atom. The lowest BCUT2D eigenvalue weighted by Gasteiger charge is -2.36. The van der Waals surface area contributed by atoms with Gasteiger partial charge >= 0.3 is 0 Å². The van der Waals surface area contributed by atoms with Gasteiger partial charge in [0.05, 0.1) is 6.26 Å². The Morgan fingerprint density at radius 3 is 2.68 bits per heavy atom. The van der Waals surface area contributed by atoms with Gasteiger partial charge in [0.25, 0.3) is 0 Å². The summed E-state index contributed by atoms with van der Waals surface area (Å²) in [6.45, 7) is 9.22. The number of hydrogen-bond acceptors (Lipinski definition) is 1. The number of hydrogen-bond donors (Lipinski definition) is 0. The van der Waals surface area contributed by atoms with Crippen LogP contribution in [0.2, 0.25) is 0 Å². The van der Waals surface area contributed by atoms with Crippen molar-refractivity contribution in [2.75, 3.05) is 0 Å². The molecule has 1 aliphatic carbocycles. The Bertz CT molecular complexity index is 277. The molecule has 0 N–H and O–H groups in total. The fraction of sp³-hybridized carbons (Fsp3) is 0.778. The second-order valence-electron chi connectivity index (χ2n) is 6.40. The van der Waals surface area contributed by atoms with E-state index in [1.807, 2.05) is 12.3 Å². The van der Waals surface area contributed by atoms with Crippen LogP contribution in [0, 0.1) is 17.8 Å². The molecule has 0 bridgehead atoms. The van der Waals surface area contributed by atoms with Crippen LogP contribution in [0.1, 0.15) is 66.2 Å². The molecular weight excluding hydrogens is 232 g/mol. The van der Waals surface area contributed by atoms with E-state index >= 15 is 0 Å². The van der Waals surface area contributed by atoms with Gasteiger partial charge in [0.2, 0.25) is 0 Å². The maximum absolute atomic E-state index is 6.00. The second-order valence-corrected chi connectivity index (χ2v) is 6.40. The Labute approximate surface area is 120 Å². The molecule has 0 spiro atoms. The highest BCUT2D eigenvalue weighted by Gasteiger charge is 2.31. The summed E-state index contributed by atoms with van der Waals surface area (Å²) >= 11 is 0. The van der Waals surface area contributed by atoms with Crippen LogP contribution in [0.4, 0.5) is 0 Å². The zero-order chi connectivity index (χ0) is 14.1. The number of rotatable bonds is 7. The summed E-state index contributed by atoms with van der Waals surface area (Å²) in [5, 5.41) is 0. The van der Waals surface area contributed by atoms with Crippen LogP contribution in [0.5, 0.6) is 0 Å². The molecule has 0 aromatic heterocycles. The van der Waals surface area contributed by atoms with Crippen LogP contribution >= 0.6 is 0 Å². The minimum absolute atomic E-state index is 0.420. The van der Waals surface area contributed by atoms with Crippen LogP contribution in [-0.2, 0) is 4.74 Å². The van der Waals surface area contributed by atoms with E-state index in [-0.39, 0.29) is 0 Å². The van der Waals surface area contributed by atoms with Crippen LogP contribution in [-0.4, -0.2) is 6.10 Å². The van der Waals surface area contributed by atoms with Gasteiger partial charge in [-0.2, -0.15) is 0 Å². The van der Waals surface area contributed by atoms with E-state index < -0.39 is 0 Å². The van der Waals surface area contributed by atoms with Crippen molar-refractivity contribution in [2.45, 2.75) is 72.3 Å². The summed E-state index contributed by atoms with van der Waals surface area (Å²) in [6.07, 6.45) is 16.3. The van der Waals surface area contributed by atoms with Gasteiger partial charge < -0.3 is 4.74 Å². The predicted molar refractivity (Wildman–Crippen MR) is 84.0 cm³/mol. The fourth-order valence-corrected chi connectivity index (χ4v) is 2.96. The van der Waals surface area contributed by atoms with Crippen LogP contribution in [0.25, 0.3) is 0 Å². The minimum atomic E-state index is 0.420. The van der Waals surface area contributed by atoms with E-state index in [0.29, 0.717) is 6.10 Å². The first-order valence-electron chi connectivity index (χ1n) is 8.12. The maximum atomic E-state index is 6.00. The molecule has 19 heavy (non-hydrogen) atoms. The van der Waals surface area contributed by atoms with Crippen molar-refractivity contribution >= 4 is 0 Å². The molecule has 0 aromatic carbocycles. The summed E-state index contributed by atoms with van der Waals surface area (Å²) < 4.78 is 6.00. The van der Waals surface area contributed by atoms with Gasteiger partial charge in [-0.05, 0) is 43.1 Å². The van der Waals surface area contributed by atoms with Gasteiger partial charge in [0.15, 0.2) is 0 Å². The van der Waals surface area contributed by atoms with Crippen molar-refractivity contribution in [1.29, 1.82) is 0 Å². The van der Waals surface area contributed by atoms with Crippen LogP contribution < -0.4 is 0 Å². The van der Waals surface area contributed by atoms with Crippen LogP contribution in [0.15, 0.2) is 24.5 Å². The van der Waals surface area contributed by atoms with Crippen molar-refractivity contribution in [2.24, 2.45) is 17.8 Å². The minimum Gasteiger partial charge on any atom is -0.498 e. The summed E-state index contributed by atoms with van der Waals surface area (Å²) in [5.74, 6) is 2.27. The Morgan fingerprint density at radius 1 is 1.21 bits per heavy atom. The summed E-state index contributed by atoms with van der Waals surface area (Å²) in [7, 11) is 0. The zero-order valence-corrected chi connectivity index (χ0v) is 13.3. The van der Waals surface area contributed by atoms with E-state index in [1.54, 1.807) is 0 Å². The highest BCUT2D eigenvalue weighted by molar-refractivity contribution is 5.00. The van der Waals surface area contributed by atoms with Gasteiger partial charge in [0.1, 0.15) is 6.10 Å². The molecule has 0 aliphatic heterocycles. The molecule has 1 nitrogen and oxygen atoms in total. The van der Waals surface area contributed by atoms with Crippen molar-refractivity contribution in [1.82, 2.24) is 0 Å². The highest BCUT2D eigenvalue weighted by Crippen LogP contribution is 2.35. The van der Waals surface area contributed by atoms with Crippen molar-refractivity contribution in [3.63, 3.8) is 0 Å². The van der Waals surface area contributed by atoms with E-state index in [0.717, 1.165) is 17.8 Å². The molecule has 1 aliphatic rings. The molecule has 1 saturated carbocycles. The highest BCUT2D eigenvalue weighted by atomic mass is 16.5. The predicted octanol–water partition coefficient (Wildman–Crippen LogP) is 5.72. The normalized spacial score (nSPS) is 28.6. The third-order valence-electron chi connectivity index (χ3n) is 4.26. The first-order valence-corrected chi connectivity index (χ1v) is 8.12. The lowest BCUT2D eigenvalue weighted by Crippen LogP contribution is -2.33. The van der Waals surface area contributed by atoms with E-state index in [4.69, 9.17) is 4.74 Å². The quantitative estimate of drug-likeness (QED) is 0.324. The Kier molecular flexibility index (Phi) is 7.93. The van der Waals surface area contributed by atoms with Gasteiger partial charge in [-0.25, -0.2) is 0 Å². The molecule has 110 valence electrons. The fourth-order valence-electron chi connectivity index (χ4n) is 2.96. The van der Waals surface area contributed by atoms with Crippen LogP contribution in [0.3, 0.4) is 0 Å². The summed E-state index contributed by atoms with van der Waals surface area (Å²) in [4.78, 5) is 0. The monoisotopic (exact) mass is 264 g/mol. The van der Waals surface area contributed by atoms with Crippen molar-refractivity contribution < 1.29 is 4.74 Å².